The van der Waals surface area contributed by atoms with Crippen LogP contribution in [0.1, 0.15) is 18.0 Å². The molecule has 0 unspecified atom stereocenters. The van der Waals surface area contributed by atoms with E-state index >= 15 is 0 Å². The van der Waals surface area contributed by atoms with Gasteiger partial charge in [0.25, 0.3) is 0 Å². The quantitative estimate of drug-likeness (QED) is 0.620. The summed E-state index contributed by atoms with van der Waals surface area (Å²) in [6.45, 7) is 4.94. The normalized spacial score (nSPS) is 23.0. The van der Waals surface area contributed by atoms with Crippen molar-refractivity contribution in [2.45, 2.75) is 12.5 Å². The molecule has 0 spiro atoms. The number of hydrogen-bond donors (Lipinski definition) is 1. The molecule has 1 heteroatoms. The van der Waals surface area contributed by atoms with E-state index in [1.165, 1.54) is 11.1 Å². The second-order valence-electron chi connectivity index (χ2n) is 3.30. The Kier molecular flexibility index (Phi) is 1.96. The van der Waals surface area contributed by atoms with Crippen LogP contribution in [0.25, 0.3) is 0 Å². The maximum absolute atomic E-state index is 3.97. The van der Waals surface area contributed by atoms with Gasteiger partial charge in [0, 0.05) is 12.6 Å². The van der Waals surface area contributed by atoms with E-state index in [0.717, 1.165) is 13.0 Å². The van der Waals surface area contributed by atoms with Crippen molar-refractivity contribution in [1.82, 2.24) is 5.32 Å². The third-order valence-electron chi connectivity index (χ3n) is 2.29. The Morgan fingerprint density at radius 3 is 2.58 bits per heavy atom. The topological polar surface area (TPSA) is 12.0 Å². The van der Waals surface area contributed by atoms with Crippen LogP contribution >= 0.6 is 0 Å². The highest BCUT2D eigenvalue weighted by Crippen LogP contribution is 2.24. The molecular formula is C11H13N. The largest absolute Gasteiger partial charge is 0.306 e. The molecule has 0 amide bonds. The number of hydrogen-bond acceptors (Lipinski definition) is 1. The summed E-state index contributed by atoms with van der Waals surface area (Å²) in [6, 6.07) is 11.0. The van der Waals surface area contributed by atoms with Gasteiger partial charge in [0.2, 0.25) is 0 Å². The summed E-state index contributed by atoms with van der Waals surface area (Å²) in [5, 5.41) is 3.42. The second-order valence-corrected chi connectivity index (χ2v) is 3.30. The number of rotatable bonds is 1. The molecule has 0 aromatic heterocycles. The first-order valence-electron chi connectivity index (χ1n) is 4.31. The van der Waals surface area contributed by atoms with Crippen LogP contribution in [0.15, 0.2) is 42.5 Å². The molecule has 0 saturated carbocycles. The van der Waals surface area contributed by atoms with E-state index in [4.69, 9.17) is 0 Å². The molecule has 1 N–H and O–H groups in total. The van der Waals surface area contributed by atoms with Gasteiger partial charge >= 0.3 is 0 Å². The molecule has 1 aliphatic heterocycles. The highest BCUT2D eigenvalue weighted by atomic mass is 14.9. The zero-order chi connectivity index (χ0) is 8.39. The van der Waals surface area contributed by atoms with Crippen LogP contribution in [0.3, 0.4) is 0 Å². The molecule has 1 aliphatic rings. The fourth-order valence-corrected chi connectivity index (χ4v) is 1.62. The number of benzene rings is 1. The lowest BCUT2D eigenvalue weighted by atomic mass is 10.0. The van der Waals surface area contributed by atoms with Gasteiger partial charge in [-0.05, 0) is 12.0 Å². The third-order valence-corrected chi connectivity index (χ3v) is 2.29. The van der Waals surface area contributed by atoms with Gasteiger partial charge in [0.05, 0.1) is 0 Å². The van der Waals surface area contributed by atoms with Crippen molar-refractivity contribution in [3.63, 3.8) is 0 Å². The van der Waals surface area contributed by atoms with Crippen molar-refractivity contribution in [2.75, 3.05) is 6.54 Å². The molecule has 0 bridgehead atoms. The van der Waals surface area contributed by atoms with Gasteiger partial charge in [0.1, 0.15) is 0 Å². The molecule has 1 fully saturated rings. The van der Waals surface area contributed by atoms with E-state index in [2.05, 4.69) is 36.2 Å². The highest BCUT2D eigenvalue weighted by molar-refractivity contribution is 5.23. The van der Waals surface area contributed by atoms with Gasteiger partial charge in [-0.15, -0.1) is 0 Å². The van der Waals surface area contributed by atoms with Crippen LogP contribution in [0.4, 0.5) is 0 Å². The maximum atomic E-state index is 3.97. The Morgan fingerprint density at radius 1 is 1.25 bits per heavy atom. The predicted octanol–water partition coefficient (Wildman–Crippen LogP) is 2.28. The van der Waals surface area contributed by atoms with Gasteiger partial charge in [-0.2, -0.15) is 0 Å². The molecule has 12 heavy (non-hydrogen) atoms. The summed E-state index contributed by atoms with van der Waals surface area (Å²) in [6.07, 6.45) is 1.09. The second kappa shape index (κ2) is 3.11. The summed E-state index contributed by atoms with van der Waals surface area (Å²) in [4.78, 5) is 0. The van der Waals surface area contributed by atoms with Crippen LogP contribution in [-0.2, 0) is 0 Å². The van der Waals surface area contributed by atoms with E-state index in [1.807, 2.05) is 6.07 Å². The Balaban J connectivity index is 2.16. The zero-order valence-corrected chi connectivity index (χ0v) is 7.09. The molecule has 1 nitrogen and oxygen atoms in total. The summed E-state index contributed by atoms with van der Waals surface area (Å²) < 4.78 is 0. The highest BCUT2D eigenvalue weighted by Gasteiger charge is 2.17. The summed E-state index contributed by atoms with van der Waals surface area (Å²) >= 11 is 0. The average Bonchev–Trinajstić information content (AvgIpc) is 2.54. The molecule has 0 radical (unpaired) electrons. The maximum Gasteiger partial charge on any atom is 0.0360 e. The minimum absolute atomic E-state index is 0.499. The minimum Gasteiger partial charge on any atom is -0.306 e. The molecule has 0 aliphatic carbocycles. The molecule has 2 rings (SSSR count). The third kappa shape index (κ3) is 1.41. The van der Waals surface area contributed by atoms with Gasteiger partial charge in [0.15, 0.2) is 0 Å². The van der Waals surface area contributed by atoms with Crippen LogP contribution in [-0.4, -0.2) is 6.54 Å². The lowest BCUT2D eigenvalue weighted by Gasteiger charge is -2.08. The number of nitrogens with one attached hydrogen (secondary N) is 1. The molecule has 1 atom stereocenters. The molecule has 62 valence electrons. The van der Waals surface area contributed by atoms with Crippen molar-refractivity contribution in [1.29, 1.82) is 0 Å². The minimum atomic E-state index is 0.499. The Morgan fingerprint density at radius 2 is 2.00 bits per heavy atom. The van der Waals surface area contributed by atoms with Gasteiger partial charge in [-0.25, -0.2) is 0 Å². The van der Waals surface area contributed by atoms with Crippen LogP contribution in [0.2, 0.25) is 0 Å². The van der Waals surface area contributed by atoms with E-state index < -0.39 is 0 Å². The first-order valence-corrected chi connectivity index (χ1v) is 4.31. The van der Waals surface area contributed by atoms with E-state index in [0.29, 0.717) is 6.04 Å². The first-order chi connectivity index (χ1) is 5.86. The van der Waals surface area contributed by atoms with E-state index in [1.54, 1.807) is 0 Å². The van der Waals surface area contributed by atoms with Gasteiger partial charge in [-0.3, -0.25) is 0 Å². The lowest BCUT2D eigenvalue weighted by molar-refractivity contribution is 0.650. The summed E-state index contributed by atoms with van der Waals surface area (Å²) in [7, 11) is 0. The molecule has 1 saturated heterocycles. The Bertz CT molecular complexity index is 276. The van der Waals surface area contributed by atoms with Crippen molar-refractivity contribution in [3.05, 3.63) is 48.0 Å². The van der Waals surface area contributed by atoms with Gasteiger partial charge in [-0.1, -0.05) is 42.5 Å². The van der Waals surface area contributed by atoms with Crippen LogP contribution in [0.5, 0.6) is 0 Å². The van der Waals surface area contributed by atoms with E-state index in [9.17, 15) is 0 Å². The van der Waals surface area contributed by atoms with Crippen molar-refractivity contribution < 1.29 is 0 Å². The SMILES string of the molecule is C=C1CN[C@@H](c2ccccc2)C1. The summed E-state index contributed by atoms with van der Waals surface area (Å²) in [5.74, 6) is 0. The Labute approximate surface area is 73.1 Å². The summed E-state index contributed by atoms with van der Waals surface area (Å²) in [5.41, 5.74) is 2.68. The monoisotopic (exact) mass is 159 g/mol. The lowest BCUT2D eigenvalue weighted by Crippen LogP contribution is -2.12. The Hall–Kier alpha value is -1.08. The van der Waals surface area contributed by atoms with Gasteiger partial charge < -0.3 is 5.32 Å². The van der Waals surface area contributed by atoms with Crippen molar-refractivity contribution in [2.24, 2.45) is 0 Å². The molecular weight excluding hydrogens is 146 g/mol. The molecule has 1 aromatic rings. The fraction of sp³-hybridized carbons (Fsp3) is 0.273. The average molecular weight is 159 g/mol. The zero-order valence-electron chi connectivity index (χ0n) is 7.09. The molecule has 1 aromatic carbocycles. The predicted molar refractivity (Wildman–Crippen MR) is 50.9 cm³/mol. The van der Waals surface area contributed by atoms with Crippen molar-refractivity contribution in [3.8, 4) is 0 Å². The van der Waals surface area contributed by atoms with Crippen LogP contribution < -0.4 is 5.32 Å². The molecule has 1 heterocycles. The fourth-order valence-electron chi connectivity index (χ4n) is 1.62. The van der Waals surface area contributed by atoms with Crippen LogP contribution in [0, 0.1) is 0 Å². The van der Waals surface area contributed by atoms with Crippen molar-refractivity contribution >= 4 is 0 Å². The standard InChI is InChI=1S/C11H13N/c1-9-7-11(12-8-9)10-5-3-2-4-6-10/h2-6,11-12H,1,7-8H2/t11-/m1/s1. The van der Waals surface area contributed by atoms with E-state index in [-0.39, 0.29) is 0 Å². The smallest absolute Gasteiger partial charge is 0.0360 e. The first kappa shape index (κ1) is 7.56.